The van der Waals surface area contributed by atoms with E-state index in [2.05, 4.69) is 10.6 Å². The molecule has 0 aliphatic rings. The first-order valence-electron chi connectivity index (χ1n) is 7.71. The van der Waals surface area contributed by atoms with Gasteiger partial charge < -0.3 is 16.0 Å². The van der Waals surface area contributed by atoms with E-state index in [0.717, 1.165) is 5.56 Å². The third-order valence-corrected chi connectivity index (χ3v) is 3.89. The number of halogens is 1. The van der Waals surface area contributed by atoms with Gasteiger partial charge in [0.25, 0.3) is 5.91 Å². The van der Waals surface area contributed by atoms with Crippen LogP contribution in [-0.2, 0) is 9.59 Å². The third-order valence-electron chi connectivity index (χ3n) is 3.54. The largest absolute Gasteiger partial charge is 0.332 e. The minimum absolute atomic E-state index is 0.0894. The van der Waals surface area contributed by atoms with Crippen molar-refractivity contribution in [1.29, 1.82) is 0 Å². The maximum atomic E-state index is 12.1. The molecule has 0 aliphatic heterocycles. The molecule has 0 heterocycles. The Kier molecular flexibility index (Phi) is 6.35. The van der Waals surface area contributed by atoms with Crippen molar-refractivity contribution in [3.63, 3.8) is 0 Å². The van der Waals surface area contributed by atoms with Crippen molar-refractivity contribution < 1.29 is 14.9 Å². The van der Waals surface area contributed by atoms with Gasteiger partial charge in [0, 0.05) is 28.9 Å². The first-order chi connectivity index (χ1) is 11.5. The normalized spacial score (nSPS) is 11.6. The predicted molar refractivity (Wildman–Crippen MR) is 96.0 cm³/mol. The Labute approximate surface area is 146 Å². The average molecular weight is 347 g/mol. The van der Waals surface area contributed by atoms with Crippen LogP contribution in [0.2, 0.25) is 5.02 Å². The average Bonchev–Trinajstić information content (AvgIpc) is 2.54. The van der Waals surface area contributed by atoms with Gasteiger partial charge >= 0.3 is 0 Å². The van der Waals surface area contributed by atoms with Crippen LogP contribution in [0.1, 0.15) is 25.5 Å². The van der Waals surface area contributed by atoms with Gasteiger partial charge in [0.15, 0.2) is 6.54 Å². The summed E-state index contributed by atoms with van der Waals surface area (Å²) in [5, 5.41) is 8.14. The van der Waals surface area contributed by atoms with Crippen LogP contribution in [-0.4, -0.2) is 18.4 Å². The highest BCUT2D eigenvalue weighted by atomic mass is 35.5. The lowest BCUT2D eigenvalue weighted by atomic mass is 10.1. The van der Waals surface area contributed by atoms with Crippen molar-refractivity contribution in [3.8, 4) is 0 Å². The molecule has 0 fully saturated rings. The van der Waals surface area contributed by atoms with Gasteiger partial charge in [-0.25, -0.2) is 0 Å². The van der Waals surface area contributed by atoms with Gasteiger partial charge in [-0.05, 0) is 37.3 Å². The van der Waals surface area contributed by atoms with E-state index in [1.54, 1.807) is 24.3 Å². The molecule has 2 amide bonds. The topological polar surface area (TPSA) is 74.8 Å². The zero-order valence-electron chi connectivity index (χ0n) is 13.7. The van der Waals surface area contributed by atoms with Crippen LogP contribution in [0.25, 0.3) is 0 Å². The second-order valence-corrected chi connectivity index (χ2v) is 5.96. The van der Waals surface area contributed by atoms with Crippen LogP contribution in [0.3, 0.4) is 0 Å². The highest BCUT2D eigenvalue weighted by Gasteiger charge is 2.14. The maximum Gasteiger partial charge on any atom is 0.279 e. The molecule has 0 spiro atoms. The standard InChI is InChI=1S/C18H20ClN3O2/c1-12(16-5-3-4-6-17(16)19)20-11-18(24)22-15-9-7-14(8-10-15)21-13(2)23/h3-10,12,20H,11H2,1-2H3,(H,21,23)(H,22,24)/p+1/t12-/m0/s1. The summed E-state index contributed by atoms with van der Waals surface area (Å²) in [6, 6.07) is 14.7. The number of nitrogens with one attached hydrogen (secondary N) is 2. The van der Waals surface area contributed by atoms with Crippen LogP contribution in [0.5, 0.6) is 0 Å². The van der Waals surface area contributed by atoms with Crippen LogP contribution < -0.4 is 16.0 Å². The zero-order valence-corrected chi connectivity index (χ0v) is 14.4. The van der Waals surface area contributed by atoms with Crippen molar-refractivity contribution in [2.75, 3.05) is 17.2 Å². The summed E-state index contributed by atoms with van der Waals surface area (Å²) in [7, 11) is 0. The number of benzene rings is 2. The van der Waals surface area contributed by atoms with Gasteiger partial charge in [0.05, 0.1) is 0 Å². The molecule has 1 atom stereocenters. The molecule has 0 saturated heterocycles. The van der Waals surface area contributed by atoms with Crippen molar-refractivity contribution in [2.24, 2.45) is 0 Å². The third kappa shape index (κ3) is 5.37. The lowest BCUT2D eigenvalue weighted by molar-refractivity contribution is -0.682. The fraction of sp³-hybridized carbons (Fsp3) is 0.222. The molecule has 4 N–H and O–H groups in total. The van der Waals surface area contributed by atoms with Crippen molar-refractivity contribution in [2.45, 2.75) is 19.9 Å². The Morgan fingerprint density at radius 3 is 2.21 bits per heavy atom. The number of hydrogen-bond acceptors (Lipinski definition) is 2. The Morgan fingerprint density at radius 2 is 1.62 bits per heavy atom. The molecule has 126 valence electrons. The Morgan fingerprint density at radius 1 is 1.04 bits per heavy atom. The van der Waals surface area contributed by atoms with Crippen LogP contribution in [0.15, 0.2) is 48.5 Å². The molecular weight excluding hydrogens is 326 g/mol. The maximum absolute atomic E-state index is 12.1. The fourth-order valence-corrected chi connectivity index (χ4v) is 2.62. The lowest BCUT2D eigenvalue weighted by Gasteiger charge is -2.12. The summed E-state index contributed by atoms with van der Waals surface area (Å²) < 4.78 is 0. The molecule has 0 bridgehead atoms. The molecule has 0 aliphatic carbocycles. The number of amides is 2. The van der Waals surface area contributed by atoms with Crippen LogP contribution in [0, 0.1) is 0 Å². The summed E-state index contributed by atoms with van der Waals surface area (Å²) in [6.07, 6.45) is 0. The van der Waals surface area contributed by atoms with Gasteiger partial charge in [0.2, 0.25) is 5.91 Å². The molecule has 2 rings (SSSR count). The van der Waals surface area contributed by atoms with E-state index >= 15 is 0 Å². The molecule has 0 saturated carbocycles. The Hall–Kier alpha value is -2.37. The summed E-state index contributed by atoms with van der Waals surface area (Å²) in [5.41, 5.74) is 2.39. The summed E-state index contributed by atoms with van der Waals surface area (Å²) in [6.45, 7) is 3.75. The highest BCUT2D eigenvalue weighted by molar-refractivity contribution is 6.31. The second kappa shape index (κ2) is 8.47. The molecule has 2 aromatic carbocycles. The molecule has 2 aromatic rings. The number of rotatable bonds is 6. The molecule has 6 heteroatoms. The first kappa shape index (κ1) is 18.0. The van der Waals surface area contributed by atoms with E-state index in [9.17, 15) is 9.59 Å². The second-order valence-electron chi connectivity index (χ2n) is 5.56. The van der Waals surface area contributed by atoms with Crippen LogP contribution in [0.4, 0.5) is 11.4 Å². The van der Waals surface area contributed by atoms with Crippen molar-refractivity contribution >= 4 is 34.8 Å². The summed E-state index contributed by atoms with van der Waals surface area (Å²) in [5.74, 6) is -0.226. The van der Waals surface area contributed by atoms with Gasteiger partial charge in [-0.2, -0.15) is 0 Å². The van der Waals surface area contributed by atoms with Gasteiger partial charge in [0.1, 0.15) is 6.04 Å². The van der Waals surface area contributed by atoms with Gasteiger partial charge in [-0.1, -0.05) is 29.8 Å². The number of quaternary nitrogens is 1. The van der Waals surface area contributed by atoms with E-state index in [1.165, 1.54) is 6.92 Å². The van der Waals surface area contributed by atoms with Crippen LogP contribution >= 0.6 is 11.6 Å². The van der Waals surface area contributed by atoms with Gasteiger partial charge in [-0.15, -0.1) is 0 Å². The van der Waals surface area contributed by atoms with E-state index < -0.39 is 0 Å². The minimum Gasteiger partial charge on any atom is -0.332 e. The minimum atomic E-state index is -0.130. The van der Waals surface area contributed by atoms with Crippen molar-refractivity contribution in [1.82, 2.24) is 0 Å². The number of carbonyl (C=O) groups excluding carboxylic acids is 2. The van der Waals surface area contributed by atoms with E-state index in [1.807, 2.05) is 36.5 Å². The molecule has 0 aromatic heterocycles. The predicted octanol–water partition coefficient (Wildman–Crippen LogP) is 2.56. The number of carbonyl (C=O) groups is 2. The summed E-state index contributed by atoms with van der Waals surface area (Å²) in [4.78, 5) is 23.0. The van der Waals surface area contributed by atoms with E-state index in [4.69, 9.17) is 11.6 Å². The molecule has 5 nitrogen and oxygen atoms in total. The molecular formula is C18H21ClN3O2+. The van der Waals surface area contributed by atoms with E-state index in [0.29, 0.717) is 22.9 Å². The quantitative estimate of drug-likeness (QED) is 0.752. The van der Waals surface area contributed by atoms with E-state index in [-0.39, 0.29) is 17.9 Å². The highest BCUT2D eigenvalue weighted by Crippen LogP contribution is 2.19. The number of hydrogen-bond donors (Lipinski definition) is 3. The number of nitrogens with two attached hydrogens (primary N) is 1. The monoisotopic (exact) mass is 346 g/mol. The van der Waals surface area contributed by atoms with Crippen molar-refractivity contribution in [3.05, 3.63) is 59.1 Å². The lowest BCUT2D eigenvalue weighted by Crippen LogP contribution is -2.86. The first-order valence-corrected chi connectivity index (χ1v) is 8.09. The molecule has 0 unspecified atom stereocenters. The number of anilines is 2. The molecule has 24 heavy (non-hydrogen) atoms. The SMILES string of the molecule is CC(=O)Nc1ccc(NC(=O)C[NH2+][C@@H](C)c2ccccc2Cl)cc1. The zero-order chi connectivity index (χ0) is 17.5. The smallest absolute Gasteiger partial charge is 0.279 e. The Balaban J connectivity index is 1.85. The van der Waals surface area contributed by atoms with Gasteiger partial charge in [-0.3, -0.25) is 9.59 Å². The fourth-order valence-electron chi connectivity index (χ4n) is 2.31. The molecule has 0 radical (unpaired) electrons. The Bertz CT molecular complexity index is 716. The summed E-state index contributed by atoms with van der Waals surface area (Å²) >= 11 is 6.16.